The van der Waals surface area contributed by atoms with Gasteiger partial charge in [0, 0.05) is 37.3 Å². The molecule has 9 heteroatoms. The summed E-state index contributed by atoms with van der Waals surface area (Å²) >= 11 is 0. The van der Waals surface area contributed by atoms with Gasteiger partial charge < -0.3 is 10.2 Å². The van der Waals surface area contributed by atoms with Gasteiger partial charge in [-0.15, -0.1) is 0 Å². The second-order valence-electron chi connectivity index (χ2n) is 8.69. The number of nitrogens with one attached hydrogen (secondary N) is 2. The summed E-state index contributed by atoms with van der Waals surface area (Å²) in [6.45, 7) is 2.97. The van der Waals surface area contributed by atoms with Crippen molar-refractivity contribution in [2.45, 2.75) is 50.3 Å². The van der Waals surface area contributed by atoms with Crippen LogP contribution in [0.5, 0.6) is 0 Å². The van der Waals surface area contributed by atoms with E-state index in [4.69, 9.17) is 0 Å². The Morgan fingerprint density at radius 2 is 1.91 bits per heavy atom. The van der Waals surface area contributed by atoms with Crippen molar-refractivity contribution in [2.75, 3.05) is 23.3 Å². The summed E-state index contributed by atoms with van der Waals surface area (Å²) in [5, 5.41) is 2.78. The molecule has 0 spiro atoms. The Morgan fingerprint density at radius 3 is 2.68 bits per heavy atom. The van der Waals surface area contributed by atoms with Crippen LogP contribution in [0, 0.1) is 5.92 Å². The molecule has 2 aromatic carbocycles. The SMILES string of the molecule is CCc1ccc(N2C[C@@H](C(=O)Nc3cccc(S(=O)(=O)NC4=NCCCCC4)c3)CC2=O)cc1. The van der Waals surface area contributed by atoms with E-state index in [1.807, 2.05) is 24.3 Å². The van der Waals surface area contributed by atoms with Gasteiger partial charge in [0.05, 0.1) is 10.8 Å². The number of amides is 2. The van der Waals surface area contributed by atoms with Crippen LogP contribution in [0.2, 0.25) is 0 Å². The Balaban J connectivity index is 1.42. The lowest BCUT2D eigenvalue weighted by molar-refractivity contribution is -0.122. The van der Waals surface area contributed by atoms with Gasteiger partial charge in [-0.1, -0.05) is 31.5 Å². The lowest BCUT2D eigenvalue weighted by Gasteiger charge is -2.17. The molecule has 0 aromatic heterocycles. The van der Waals surface area contributed by atoms with Crippen LogP contribution in [0.25, 0.3) is 0 Å². The minimum atomic E-state index is -3.81. The Hall–Kier alpha value is -3.20. The van der Waals surface area contributed by atoms with Gasteiger partial charge in [-0.2, -0.15) is 0 Å². The van der Waals surface area contributed by atoms with E-state index in [0.29, 0.717) is 24.5 Å². The maximum Gasteiger partial charge on any atom is 0.262 e. The molecule has 2 aliphatic rings. The zero-order valence-corrected chi connectivity index (χ0v) is 20.1. The average Bonchev–Trinajstić information content (AvgIpc) is 3.04. The van der Waals surface area contributed by atoms with Crippen LogP contribution in [0.15, 0.2) is 58.4 Å². The molecule has 0 unspecified atom stereocenters. The van der Waals surface area contributed by atoms with Crippen LogP contribution < -0.4 is 14.9 Å². The summed E-state index contributed by atoms with van der Waals surface area (Å²) in [7, 11) is -3.81. The van der Waals surface area contributed by atoms with Crippen molar-refractivity contribution in [2.24, 2.45) is 10.9 Å². The Labute approximate surface area is 200 Å². The molecule has 0 bridgehead atoms. The topological polar surface area (TPSA) is 108 Å². The highest BCUT2D eigenvalue weighted by Gasteiger charge is 2.35. The van der Waals surface area contributed by atoms with Gasteiger partial charge in [-0.3, -0.25) is 19.3 Å². The van der Waals surface area contributed by atoms with Gasteiger partial charge in [0.15, 0.2) is 0 Å². The number of carbonyl (C=O) groups is 2. The summed E-state index contributed by atoms with van der Waals surface area (Å²) in [5.74, 6) is -0.452. The highest BCUT2D eigenvalue weighted by Crippen LogP contribution is 2.27. The molecular formula is C25H30N4O4S. The fraction of sp³-hybridized carbons (Fsp3) is 0.400. The van der Waals surface area contributed by atoms with Crippen molar-refractivity contribution in [3.8, 4) is 0 Å². The molecule has 0 saturated carbocycles. The van der Waals surface area contributed by atoms with Crippen molar-refractivity contribution in [3.63, 3.8) is 0 Å². The second-order valence-corrected chi connectivity index (χ2v) is 10.4. The fourth-order valence-electron chi connectivity index (χ4n) is 4.20. The molecular weight excluding hydrogens is 452 g/mol. The zero-order valence-electron chi connectivity index (χ0n) is 19.3. The third kappa shape index (κ3) is 5.64. The van der Waals surface area contributed by atoms with Crippen LogP contribution in [0.3, 0.4) is 0 Å². The van der Waals surface area contributed by atoms with E-state index >= 15 is 0 Å². The Morgan fingerprint density at radius 1 is 1.12 bits per heavy atom. The number of amidine groups is 1. The van der Waals surface area contributed by atoms with E-state index < -0.39 is 15.9 Å². The Kier molecular flexibility index (Phi) is 7.31. The molecule has 2 aromatic rings. The molecule has 180 valence electrons. The summed E-state index contributed by atoms with van der Waals surface area (Å²) in [4.78, 5) is 31.4. The van der Waals surface area contributed by atoms with Crippen LogP contribution in [0.1, 0.15) is 44.6 Å². The van der Waals surface area contributed by atoms with Gasteiger partial charge in [0.25, 0.3) is 10.0 Å². The van der Waals surface area contributed by atoms with Gasteiger partial charge >= 0.3 is 0 Å². The highest BCUT2D eigenvalue weighted by molar-refractivity contribution is 7.90. The summed E-state index contributed by atoms with van der Waals surface area (Å²) in [6.07, 6.45) is 4.51. The normalized spacial score (nSPS) is 18.9. The number of carbonyl (C=O) groups excluding carboxylic acids is 2. The predicted molar refractivity (Wildman–Crippen MR) is 132 cm³/mol. The highest BCUT2D eigenvalue weighted by atomic mass is 32.2. The maximum atomic E-state index is 12.9. The number of aryl methyl sites for hydroxylation is 1. The molecule has 1 atom stereocenters. The first-order valence-electron chi connectivity index (χ1n) is 11.7. The van der Waals surface area contributed by atoms with Gasteiger partial charge in [-0.25, -0.2) is 8.42 Å². The van der Waals surface area contributed by atoms with Crippen LogP contribution >= 0.6 is 0 Å². The first-order chi connectivity index (χ1) is 16.4. The van der Waals surface area contributed by atoms with E-state index in [0.717, 1.165) is 31.4 Å². The number of sulfonamides is 1. The van der Waals surface area contributed by atoms with Crippen molar-refractivity contribution < 1.29 is 18.0 Å². The molecule has 2 aliphatic heterocycles. The van der Waals surface area contributed by atoms with Gasteiger partial charge in [0.2, 0.25) is 11.8 Å². The van der Waals surface area contributed by atoms with Crippen molar-refractivity contribution in [1.29, 1.82) is 0 Å². The predicted octanol–water partition coefficient (Wildman–Crippen LogP) is 3.49. The molecule has 0 aliphatic carbocycles. The number of anilines is 2. The smallest absolute Gasteiger partial charge is 0.262 e. The van der Waals surface area contributed by atoms with Crippen molar-refractivity contribution in [3.05, 3.63) is 54.1 Å². The van der Waals surface area contributed by atoms with Crippen LogP contribution in [-0.4, -0.2) is 39.2 Å². The summed E-state index contributed by atoms with van der Waals surface area (Å²) < 4.78 is 28.3. The van der Waals surface area contributed by atoms with E-state index in [9.17, 15) is 18.0 Å². The second kappa shape index (κ2) is 10.4. The third-order valence-corrected chi connectivity index (χ3v) is 7.57. The van der Waals surface area contributed by atoms with Gasteiger partial charge in [0.1, 0.15) is 5.84 Å². The standard InChI is InChI=1S/C25H30N4O4S/c1-2-18-10-12-21(13-11-18)29-17-19(15-24(29)30)25(31)27-20-7-6-8-22(16-20)34(32,33)28-23-9-4-3-5-14-26-23/h6-8,10-13,16,19H,2-5,9,14-15,17H2,1H3,(H,26,28)(H,27,31)/t19-/m0/s1. The minimum Gasteiger partial charge on any atom is -0.326 e. The lowest BCUT2D eigenvalue weighted by atomic mass is 10.1. The van der Waals surface area contributed by atoms with Crippen LogP contribution in [0.4, 0.5) is 11.4 Å². The molecule has 2 N–H and O–H groups in total. The number of nitrogens with zero attached hydrogens (tertiary/aromatic N) is 2. The number of hydrogen-bond donors (Lipinski definition) is 2. The van der Waals surface area contributed by atoms with Crippen LogP contribution in [-0.2, 0) is 26.0 Å². The molecule has 1 fully saturated rings. The Bertz CT molecular complexity index is 1190. The van der Waals surface area contributed by atoms with Gasteiger partial charge in [-0.05, 0) is 55.2 Å². The van der Waals surface area contributed by atoms with E-state index in [1.165, 1.54) is 17.7 Å². The first kappa shape index (κ1) is 23.9. The summed E-state index contributed by atoms with van der Waals surface area (Å²) in [5.41, 5.74) is 2.33. The molecule has 4 rings (SSSR count). The van der Waals surface area contributed by atoms with Crippen molar-refractivity contribution >= 4 is 39.0 Å². The number of aliphatic imine (C=N–C) groups is 1. The molecule has 34 heavy (non-hydrogen) atoms. The van der Waals surface area contributed by atoms with Crippen molar-refractivity contribution in [1.82, 2.24) is 4.72 Å². The molecule has 8 nitrogen and oxygen atoms in total. The van der Waals surface area contributed by atoms with E-state index in [-0.39, 0.29) is 29.7 Å². The third-order valence-electron chi connectivity index (χ3n) is 6.19. The first-order valence-corrected chi connectivity index (χ1v) is 13.2. The fourth-order valence-corrected chi connectivity index (χ4v) is 5.34. The molecule has 0 radical (unpaired) electrons. The zero-order chi connectivity index (χ0) is 24.1. The summed E-state index contributed by atoms with van der Waals surface area (Å²) in [6, 6.07) is 13.9. The minimum absolute atomic E-state index is 0.0531. The average molecular weight is 483 g/mol. The molecule has 1 saturated heterocycles. The molecule has 2 amide bonds. The number of rotatable bonds is 6. The maximum absolute atomic E-state index is 12.9. The van der Waals surface area contributed by atoms with E-state index in [1.54, 1.807) is 17.0 Å². The number of hydrogen-bond acceptors (Lipinski definition) is 5. The number of benzene rings is 2. The monoisotopic (exact) mass is 482 g/mol. The van der Waals surface area contributed by atoms with E-state index in [2.05, 4.69) is 22.0 Å². The lowest BCUT2D eigenvalue weighted by Crippen LogP contribution is -2.31. The molecule has 2 heterocycles. The quantitative estimate of drug-likeness (QED) is 0.657. The largest absolute Gasteiger partial charge is 0.326 e.